The third kappa shape index (κ3) is 1.34. The number of hydrogen-bond donors (Lipinski definition) is 1. The average Bonchev–Trinajstić information content (AvgIpc) is 2.18. The molecule has 0 aliphatic heterocycles. The lowest BCUT2D eigenvalue weighted by Gasteiger charge is -2.04. The molecule has 2 atom stereocenters. The van der Waals surface area contributed by atoms with Crippen molar-refractivity contribution >= 4 is 0 Å². The Morgan fingerprint density at radius 2 is 2.33 bits per heavy atom. The van der Waals surface area contributed by atoms with Crippen molar-refractivity contribution < 1.29 is 5.11 Å². The Bertz CT molecular complexity index is 141. The number of rotatable bonds is 1. The maximum absolute atomic E-state index is 9.06. The van der Waals surface area contributed by atoms with Crippen LogP contribution in [0.2, 0.25) is 0 Å². The molecule has 0 radical (unpaired) electrons. The van der Waals surface area contributed by atoms with Crippen LogP contribution in [0.15, 0.2) is 5.11 Å². The first-order valence-corrected chi connectivity index (χ1v) is 3.07. The molecule has 0 bridgehead atoms. The quantitative estimate of drug-likeness (QED) is 0.321. The molecule has 1 rings (SSSR count). The number of nitrogens with zero attached hydrogens (tertiary/aromatic N) is 3. The predicted molar refractivity (Wildman–Crippen MR) is 32.8 cm³/mol. The summed E-state index contributed by atoms with van der Waals surface area (Å²) in [6.07, 6.45) is 2.21. The van der Waals surface area contributed by atoms with E-state index in [1.807, 2.05) is 0 Å². The molecule has 4 heteroatoms. The maximum Gasteiger partial charge on any atom is 0.0633 e. The summed E-state index contributed by atoms with van der Waals surface area (Å²) in [6, 6.07) is -0.157. The molecule has 0 aromatic rings. The third-order valence-electron chi connectivity index (χ3n) is 1.64. The summed E-state index contributed by atoms with van der Waals surface area (Å²) in [5, 5.41) is 12.5. The lowest BCUT2D eigenvalue weighted by atomic mass is 10.2. The fraction of sp³-hybridized carbons (Fsp3) is 1.00. The summed E-state index contributed by atoms with van der Waals surface area (Å²) in [6.45, 7) is 0. The van der Waals surface area contributed by atoms with Crippen LogP contribution in [-0.4, -0.2) is 17.3 Å². The lowest BCUT2D eigenvalue weighted by molar-refractivity contribution is 0.165. The number of hydrogen-bond acceptors (Lipinski definition) is 2. The Kier molecular flexibility index (Phi) is 1.92. The van der Waals surface area contributed by atoms with E-state index in [0.29, 0.717) is 0 Å². The van der Waals surface area contributed by atoms with Gasteiger partial charge in [-0.15, -0.1) is 0 Å². The highest BCUT2D eigenvalue weighted by Crippen LogP contribution is 2.21. The van der Waals surface area contributed by atoms with Crippen LogP contribution >= 0.6 is 0 Å². The second-order valence-corrected chi connectivity index (χ2v) is 2.27. The van der Waals surface area contributed by atoms with Gasteiger partial charge in [0.1, 0.15) is 0 Å². The highest BCUT2D eigenvalue weighted by atomic mass is 16.3. The van der Waals surface area contributed by atoms with Crippen LogP contribution in [-0.2, 0) is 0 Å². The van der Waals surface area contributed by atoms with Gasteiger partial charge in [-0.3, -0.25) is 0 Å². The normalized spacial score (nSPS) is 33.9. The van der Waals surface area contributed by atoms with Gasteiger partial charge in [0, 0.05) is 4.91 Å². The van der Waals surface area contributed by atoms with E-state index in [4.69, 9.17) is 10.6 Å². The van der Waals surface area contributed by atoms with E-state index in [2.05, 4.69) is 10.0 Å². The molecule has 1 aliphatic rings. The minimum Gasteiger partial charge on any atom is -0.393 e. The fourth-order valence-corrected chi connectivity index (χ4v) is 1.12. The first kappa shape index (κ1) is 6.39. The molecule has 0 aromatic heterocycles. The topological polar surface area (TPSA) is 69.0 Å². The van der Waals surface area contributed by atoms with Gasteiger partial charge in [-0.1, -0.05) is 11.5 Å². The van der Waals surface area contributed by atoms with Gasteiger partial charge < -0.3 is 5.11 Å². The molecular formula is C5H9N3O. The van der Waals surface area contributed by atoms with Crippen LogP contribution in [0.3, 0.4) is 0 Å². The Morgan fingerprint density at radius 1 is 1.56 bits per heavy atom. The second kappa shape index (κ2) is 2.71. The lowest BCUT2D eigenvalue weighted by Crippen LogP contribution is -2.15. The molecule has 50 valence electrons. The molecule has 1 N–H and O–H groups in total. The molecule has 9 heavy (non-hydrogen) atoms. The minimum atomic E-state index is -0.388. The Balaban J connectivity index is 2.49. The zero-order valence-electron chi connectivity index (χ0n) is 5.06. The Hall–Kier alpha value is -0.730. The third-order valence-corrected chi connectivity index (χ3v) is 1.64. The van der Waals surface area contributed by atoms with E-state index in [-0.39, 0.29) is 12.1 Å². The van der Waals surface area contributed by atoms with Crippen LogP contribution in [0.25, 0.3) is 10.4 Å². The van der Waals surface area contributed by atoms with Gasteiger partial charge in [0.05, 0.1) is 12.1 Å². The van der Waals surface area contributed by atoms with E-state index < -0.39 is 0 Å². The summed E-state index contributed by atoms with van der Waals surface area (Å²) in [7, 11) is 0. The van der Waals surface area contributed by atoms with Gasteiger partial charge in [-0.25, -0.2) is 0 Å². The van der Waals surface area contributed by atoms with Crippen molar-refractivity contribution in [2.24, 2.45) is 5.11 Å². The van der Waals surface area contributed by atoms with Crippen molar-refractivity contribution in [1.29, 1.82) is 0 Å². The smallest absolute Gasteiger partial charge is 0.0633 e. The molecule has 0 aromatic carbocycles. The number of aliphatic hydroxyl groups excluding tert-OH is 1. The minimum absolute atomic E-state index is 0.157. The summed E-state index contributed by atoms with van der Waals surface area (Å²) < 4.78 is 0. The molecule has 0 spiro atoms. The predicted octanol–water partition coefficient (Wildman–Crippen LogP) is 1.21. The molecule has 1 saturated carbocycles. The fourth-order valence-electron chi connectivity index (χ4n) is 1.12. The Labute approximate surface area is 53.1 Å². The molecule has 1 fully saturated rings. The first-order valence-electron chi connectivity index (χ1n) is 3.07. The van der Waals surface area contributed by atoms with Gasteiger partial charge in [-0.2, -0.15) is 0 Å². The highest BCUT2D eigenvalue weighted by Gasteiger charge is 2.23. The monoisotopic (exact) mass is 127 g/mol. The Morgan fingerprint density at radius 3 is 2.78 bits per heavy atom. The largest absolute Gasteiger partial charge is 0.393 e. The van der Waals surface area contributed by atoms with Gasteiger partial charge in [0.15, 0.2) is 0 Å². The summed E-state index contributed by atoms with van der Waals surface area (Å²) >= 11 is 0. The van der Waals surface area contributed by atoms with Crippen LogP contribution in [0.4, 0.5) is 0 Å². The summed E-state index contributed by atoms with van der Waals surface area (Å²) in [5.74, 6) is 0. The van der Waals surface area contributed by atoms with Crippen LogP contribution in [0.5, 0.6) is 0 Å². The van der Waals surface area contributed by atoms with Crippen molar-refractivity contribution in [3.05, 3.63) is 10.4 Å². The first-order chi connectivity index (χ1) is 4.34. The van der Waals surface area contributed by atoms with E-state index in [9.17, 15) is 0 Å². The standard InChI is InChI=1S/C5H9N3O/c6-8-7-4-2-1-3-5(4)9/h4-5,9H,1-3H2/t4?,5-/m0/s1. The molecule has 4 nitrogen and oxygen atoms in total. The van der Waals surface area contributed by atoms with Crippen molar-refractivity contribution in [1.82, 2.24) is 0 Å². The van der Waals surface area contributed by atoms with Crippen molar-refractivity contribution in [3.8, 4) is 0 Å². The zero-order valence-corrected chi connectivity index (χ0v) is 5.06. The van der Waals surface area contributed by atoms with E-state index in [1.165, 1.54) is 0 Å². The van der Waals surface area contributed by atoms with Crippen LogP contribution in [0, 0.1) is 0 Å². The van der Waals surface area contributed by atoms with Gasteiger partial charge in [0.2, 0.25) is 0 Å². The van der Waals surface area contributed by atoms with Gasteiger partial charge >= 0.3 is 0 Å². The van der Waals surface area contributed by atoms with E-state index >= 15 is 0 Å². The average molecular weight is 127 g/mol. The summed E-state index contributed by atoms with van der Waals surface area (Å²) in [5.41, 5.74) is 7.99. The maximum atomic E-state index is 9.06. The van der Waals surface area contributed by atoms with Gasteiger partial charge in [-0.05, 0) is 18.4 Å². The molecular weight excluding hydrogens is 118 g/mol. The highest BCUT2D eigenvalue weighted by molar-refractivity contribution is 4.82. The van der Waals surface area contributed by atoms with Gasteiger partial charge in [0.25, 0.3) is 0 Å². The van der Waals surface area contributed by atoms with E-state index in [1.54, 1.807) is 0 Å². The molecule has 0 amide bonds. The number of aliphatic hydroxyl groups is 1. The SMILES string of the molecule is [N-]=[N+]=NC1CCC[C@@H]1O. The van der Waals surface area contributed by atoms with Crippen molar-refractivity contribution in [3.63, 3.8) is 0 Å². The summed E-state index contributed by atoms with van der Waals surface area (Å²) in [4.78, 5) is 2.63. The molecule has 1 unspecified atom stereocenters. The van der Waals surface area contributed by atoms with Crippen molar-refractivity contribution in [2.75, 3.05) is 0 Å². The zero-order chi connectivity index (χ0) is 6.69. The molecule has 0 saturated heterocycles. The molecule has 0 heterocycles. The van der Waals surface area contributed by atoms with Crippen molar-refractivity contribution in [2.45, 2.75) is 31.4 Å². The molecule has 1 aliphatic carbocycles. The number of azide groups is 1. The van der Waals surface area contributed by atoms with Crippen LogP contribution in [0.1, 0.15) is 19.3 Å². The van der Waals surface area contributed by atoms with Crippen LogP contribution < -0.4 is 0 Å². The second-order valence-electron chi connectivity index (χ2n) is 2.27. The van der Waals surface area contributed by atoms with E-state index in [0.717, 1.165) is 19.3 Å².